The molecule has 2 rings (SSSR count). The maximum absolute atomic E-state index is 12.4. The van der Waals surface area contributed by atoms with Crippen LogP contribution in [-0.4, -0.2) is 14.0 Å². The Morgan fingerprint density at radius 2 is 1.30 bits per heavy atom. The van der Waals surface area contributed by atoms with Crippen molar-refractivity contribution in [3.05, 3.63) is 54.6 Å². The average molecular weight is 289 g/mol. The molecule has 0 atom stereocenters. The minimum absolute atomic E-state index is 0.0557. The van der Waals surface area contributed by atoms with Crippen LogP contribution in [0, 0.1) is 0 Å². The molecule has 0 radical (unpaired) electrons. The number of rotatable bonds is 3. The Kier molecular flexibility index (Phi) is 3.86. The van der Waals surface area contributed by atoms with E-state index in [1.165, 1.54) is 0 Å². The Morgan fingerprint density at radius 1 is 0.800 bits per heavy atom. The van der Waals surface area contributed by atoms with Crippen molar-refractivity contribution in [2.45, 2.75) is 36.1 Å². The fourth-order valence-corrected chi connectivity index (χ4v) is 3.17. The second kappa shape index (κ2) is 5.29. The van der Waals surface area contributed by atoms with E-state index in [0.29, 0.717) is 9.79 Å². The first-order valence-electron chi connectivity index (χ1n) is 6.47. The van der Waals surface area contributed by atoms with Crippen molar-refractivity contribution < 1.29 is 8.42 Å². The highest BCUT2D eigenvalue weighted by atomic mass is 32.2. The van der Waals surface area contributed by atoms with Crippen LogP contribution in [0.2, 0.25) is 0 Å². The van der Waals surface area contributed by atoms with Crippen LogP contribution < -0.4 is 5.32 Å². The van der Waals surface area contributed by atoms with Crippen molar-refractivity contribution in [2.24, 2.45) is 0 Å². The molecule has 1 N–H and O–H groups in total. The summed E-state index contributed by atoms with van der Waals surface area (Å²) in [7, 11) is -3.43. The lowest BCUT2D eigenvalue weighted by Gasteiger charge is -2.22. The molecule has 2 aromatic carbocycles. The molecule has 0 aromatic heterocycles. The van der Waals surface area contributed by atoms with Crippen molar-refractivity contribution in [2.75, 3.05) is 5.32 Å². The number of benzene rings is 2. The molecule has 20 heavy (non-hydrogen) atoms. The van der Waals surface area contributed by atoms with Crippen molar-refractivity contribution in [1.82, 2.24) is 0 Å². The van der Waals surface area contributed by atoms with Crippen LogP contribution in [0.15, 0.2) is 64.4 Å². The van der Waals surface area contributed by atoms with Crippen LogP contribution in [0.5, 0.6) is 0 Å². The molecule has 106 valence electrons. The summed E-state index contributed by atoms with van der Waals surface area (Å²) in [5.74, 6) is 0. The van der Waals surface area contributed by atoms with E-state index in [0.717, 1.165) is 5.69 Å². The first-order valence-corrected chi connectivity index (χ1v) is 7.96. The van der Waals surface area contributed by atoms with Gasteiger partial charge >= 0.3 is 0 Å². The SMILES string of the molecule is CC(C)(C)Nc1ccc(S(=O)(=O)c2ccccc2)cc1. The van der Waals surface area contributed by atoms with E-state index in [1.807, 2.05) is 0 Å². The highest BCUT2D eigenvalue weighted by Gasteiger charge is 2.17. The average Bonchev–Trinajstić information content (AvgIpc) is 2.38. The molecule has 0 fully saturated rings. The molecule has 0 aliphatic rings. The van der Waals surface area contributed by atoms with Gasteiger partial charge in [0.15, 0.2) is 0 Å². The predicted octanol–water partition coefficient (Wildman–Crippen LogP) is 3.73. The quantitative estimate of drug-likeness (QED) is 0.936. The van der Waals surface area contributed by atoms with Gasteiger partial charge in [-0.05, 0) is 57.2 Å². The van der Waals surface area contributed by atoms with Gasteiger partial charge < -0.3 is 5.32 Å². The molecular formula is C16H19NO2S. The van der Waals surface area contributed by atoms with Gasteiger partial charge in [0.25, 0.3) is 0 Å². The smallest absolute Gasteiger partial charge is 0.206 e. The molecule has 4 heteroatoms. The van der Waals surface area contributed by atoms with Gasteiger partial charge in [-0.1, -0.05) is 18.2 Å². The highest BCUT2D eigenvalue weighted by Crippen LogP contribution is 2.23. The van der Waals surface area contributed by atoms with Crippen LogP contribution in [-0.2, 0) is 9.84 Å². The summed E-state index contributed by atoms with van der Waals surface area (Å²) in [6.07, 6.45) is 0. The predicted molar refractivity (Wildman–Crippen MR) is 81.7 cm³/mol. The van der Waals surface area contributed by atoms with Crippen LogP contribution in [0.3, 0.4) is 0 Å². The summed E-state index contributed by atoms with van der Waals surface area (Å²) < 4.78 is 24.8. The summed E-state index contributed by atoms with van der Waals surface area (Å²) in [6, 6.07) is 15.3. The standard InChI is InChI=1S/C16H19NO2S/c1-16(2,3)17-13-9-11-15(12-10-13)20(18,19)14-7-5-4-6-8-14/h4-12,17H,1-3H3. The minimum atomic E-state index is -3.43. The van der Waals surface area contributed by atoms with Gasteiger partial charge in [0.1, 0.15) is 0 Å². The van der Waals surface area contributed by atoms with E-state index in [9.17, 15) is 8.42 Å². The second-order valence-corrected chi connectivity index (χ2v) is 7.67. The van der Waals surface area contributed by atoms with E-state index in [1.54, 1.807) is 54.6 Å². The molecule has 3 nitrogen and oxygen atoms in total. The third-order valence-electron chi connectivity index (χ3n) is 2.74. The molecule has 0 spiro atoms. The zero-order valence-corrected chi connectivity index (χ0v) is 12.7. The number of hydrogen-bond donors (Lipinski definition) is 1. The maximum atomic E-state index is 12.4. The van der Waals surface area contributed by atoms with Gasteiger partial charge in [0, 0.05) is 11.2 Å². The lowest BCUT2D eigenvalue weighted by atomic mass is 10.1. The number of nitrogens with one attached hydrogen (secondary N) is 1. The normalized spacial score (nSPS) is 12.2. The van der Waals surface area contributed by atoms with Crippen molar-refractivity contribution >= 4 is 15.5 Å². The van der Waals surface area contributed by atoms with Gasteiger partial charge in [-0.2, -0.15) is 0 Å². The van der Waals surface area contributed by atoms with E-state index >= 15 is 0 Å². The molecule has 0 saturated carbocycles. The Morgan fingerprint density at radius 3 is 1.80 bits per heavy atom. The van der Waals surface area contributed by atoms with E-state index in [2.05, 4.69) is 26.1 Å². The zero-order chi connectivity index (χ0) is 14.8. The monoisotopic (exact) mass is 289 g/mol. The van der Waals surface area contributed by atoms with E-state index in [-0.39, 0.29) is 5.54 Å². The molecule has 0 aliphatic carbocycles. The van der Waals surface area contributed by atoms with Crippen LogP contribution in [0.4, 0.5) is 5.69 Å². The third kappa shape index (κ3) is 3.39. The van der Waals surface area contributed by atoms with Crippen LogP contribution in [0.25, 0.3) is 0 Å². The second-order valence-electron chi connectivity index (χ2n) is 5.72. The lowest BCUT2D eigenvalue weighted by Crippen LogP contribution is -2.25. The Hall–Kier alpha value is -1.81. The van der Waals surface area contributed by atoms with Gasteiger partial charge in [-0.15, -0.1) is 0 Å². The van der Waals surface area contributed by atoms with Gasteiger partial charge in [-0.3, -0.25) is 0 Å². The molecule has 0 saturated heterocycles. The van der Waals surface area contributed by atoms with Gasteiger partial charge in [0.2, 0.25) is 9.84 Å². The first kappa shape index (κ1) is 14.6. The molecular weight excluding hydrogens is 270 g/mol. The van der Waals surface area contributed by atoms with Crippen LogP contribution in [0.1, 0.15) is 20.8 Å². The summed E-state index contributed by atoms with van der Waals surface area (Å²) in [4.78, 5) is 0.625. The van der Waals surface area contributed by atoms with Gasteiger partial charge in [-0.25, -0.2) is 8.42 Å². The summed E-state index contributed by atoms with van der Waals surface area (Å²) in [5.41, 5.74) is 0.851. The fraction of sp³-hybridized carbons (Fsp3) is 0.250. The topological polar surface area (TPSA) is 46.2 Å². The Bertz CT molecular complexity index is 669. The minimum Gasteiger partial charge on any atom is -0.380 e. The highest BCUT2D eigenvalue weighted by molar-refractivity contribution is 7.91. The number of anilines is 1. The molecule has 0 aliphatic heterocycles. The van der Waals surface area contributed by atoms with E-state index < -0.39 is 9.84 Å². The zero-order valence-electron chi connectivity index (χ0n) is 11.9. The molecule has 0 unspecified atom stereocenters. The van der Waals surface area contributed by atoms with E-state index in [4.69, 9.17) is 0 Å². The fourth-order valence-electron chi connectivity index (χ4n) is 1.89. The molecule has 0 amide bonds. The van der Waals surface area contributed by atoms with Crippen molar-refractivity contribution in [3.8, 4) is 0 Å². The maximum Gasteiger partial charge on any atom is 0.206 e. The largest absolute Gasteiger partial charge is 0.380 e. The number of sulfone groups is 1. The Labute approximate surface area is 120 Å². The van der Waals surface area contributed by atoms with Crippen molar-refractivity contribution in [1.29, 1.82) is 0 Å². The van der Waals surface area contributed by atoms with Crippen molar-refractivity contribution in [3.63, 3.8) is 0 Å². The third-order valence-corrected chi connectivity index (χ3v) is 4.52. The number of hydrogen-bond acceptors (Lipinski definition) is 3. The molecule has 0 bridgehead atoms. The summed E-state index contributed by atoms with van der Waals surface area (Å²) >= 11 is 0. The summed E-state index contributed by atoms with van der Waals surface area (Å²) in [5, 5.41) is 3.30. The van der Waals surface area contributed by atoms with Gasteiger partial charge in [0.05, 0.1) is 9.79 Å². The Balaban J connectivity index is 2.31. The summed E-state index contributed by atoms with van der Waals surface area (Å²) in [6.45, 7) is 6.17. The molecule has 0 heterocycles. The molecule has 2 aromatic rings. The first-order chi connectivity index (χ1) is 9.29. The van der Waals surface area contributed by atoms with Crippen LogP contribution >= 0.6 is 0 Å². The lowest BCUT2D eigenvalue weighted by molar-refractivity contribution is 0.596.